The summed E-state index contributed by atoms with van der Waals surface area (Å²) in [6, 6.07) is 5.68. The summed E-state index contributed by atoms with van der Waals surface area (Å²) in [7, 11) is -1.14. The predicted octanol–water partition coefficient (Wildman–Crippen LogP) is -4.33. The minimum absolute atomic E-state index is 0.0336. The average molecular weight is 651 g/mol. The summed E-state index contributed by atoms with van der Waals surface area (Å²) < 4.78 is 10.3. The fourth-order valence-corrected chi connectivity index (χ4v) is 5.22. The van der Waals surface area contributed by atoms with Crippen LogP contribution < -0.4 is 32.2 Å². The summed E-state index contributed by atoms with van der Waals surface area (Å²) in [5.41, 5.74) is 2.16. The molecule has 0 aliphatic carbocycles. The van der Waals surface area contributed by atoms with E-state index >= 15 is 0 Å². The summed E-state index contributed by atoms with van der Waals surface area (Å²) in [5.74, 6) is -4.84. The first-order chi connectivity index (χ1) is 22.5. The van der Waals surface area contributed by atoms with Gasteiger partial charge < -0.3 is 45.3 Å². The molecule has 1 unspecified atom stereocenters. The fourth-order valence-electron chi connectivity index (χ4n) is 5.22. The largest absolute Gasteiger partial charge is 0.491 e. The van der Waals surface area contributed by atoms with Gasteiger partial charge in [-0.25, -0.2) is 4.79 Å². The second-order valence-electron chi connectivity index (χ2n) is 10.9. The molecule has 5 rings (SSSR count). The molecule has 0 spiro atoms. The molecular formula is C28H31B2N5O12. The number of nitrogens with zero attached hydrogens (tertiary/aromatic N) is 1. The van der Waals surface area contributed by atoms with E-state index in [1.165, 1.54) is 31.3 Å². The van der Waals surface area contributed by atoms with E-state index in [0.717, 1.165) is 0 Å². The Bertz CT molecular complexity index is 1590. The van der Waals surface area contributed by atoms with Crippen molar-refractivity contribution in [2.75, 3.05) is 13.6 Å². The molecule has 17 nitrogen and oxygen atoms in total. The number of benzene rings is 2. The van der Waals surface area contributed by atoms with Crippen LogP contribution in [0, 0.1) is 0 Å². The van der Waals surface area contributed by atoms with Crippen LogP contribution in [0.5, 0.6) is 0 Å². The average Bonchev–Trinajstić information content (AvgIpc) is 3.73. The zero-order valence-corrected chi connectivity index (χ0v) is 25.1. The van der Waals surface area contributed by atoms with Crippen molar-refractivity contribution < 1.29 is 58.1 Å². The van der Waals surface area contributed by atoms with Gasteiger partial charge in [0.25, 0.3) is 23.6 Å². The Morgan fingerprint density at radius 2 is 1.43 bits per heavy atom. The molecule has 7 N–H and O–H groups in total. The number of hydrogen-bond acceptors (Lipinski definition) is 13. The quantitative estimate of drug-likeness (QED) is 0.0654. The van der Waals surface area contributed by atoms with Crippen molar-refractivity contribution in [1.29, 1.82) is 0 Å². The number of amides is 5. The molecule has 0 radical (unpaired) electrons. The number of hydrogen-bond donors (Lipinski definition) is 7. The van der Waals surface area contributed by atoms with E-state index in [1.54, 1.807) is 12.1 Å². The number of nitrogens with one attached hydrogen (secondary N) is 4. The van der Waals surface area contributed by atoms with Gasteiger partial charge >= 0.3 is 20.2 Å². The fraction of sp³-hybridized carbons (Fsp3) is 0.357. The lowest BCUT2D eigenvalue weighted by molar-refractivity contribution is -0.197. The molecule has 1 saturated heterocycles. The molecule has 3 heterocycles. The third kappa shape index (κ3) is 7.51. The normalized spacial score (nSPS) is 17.1. The molecule has 5 amide bonds. The first kappa shape index (κ1) is 33.7. The molecule has 0 bridgehead atoms. The van der Waals surface area contributed by atoms with Crippen molar-refractivity contribution in [3.63, 3.8) is 0 Å². The van der Waals surface area contributed by atoms with Gasteiger partial charge in [-0.2, -0.15) is 0 Å². The number of imide groups is 1. The van der Waals surface area contributed by atoms with E-state index in [0.29, 0.717) is 27.1 Å². The second kappa shape index (κ2) is 14.4. The number of carbonyl (C=O) groups excluding carboxylic acids is 6. The molecular weight excluding hydrogens is 620 g/mol. The lowest BCUT2D eigenvalue weighted by atomic mass is 9.78. The predicted molar refractivity (Wildman–Crippen MR) is 160 cm³/mol. The summed E-state index contributed by atoms with van der Waals surface area (Å²) in [6.07, 6.45) is -2.27. The molecule has 19 heteroatoms. The van der Waals surface area contributed by atoms with E-state index in [-0.39, 0.29) is 43.7 Å². The van der Waals surface area contributed by atoms with Crippen LogP contribution in [-0.2, 0) is 46.5 Å². The third-order valence-electron chi connectivity index (χ3n) is 7.83. The van der Waals surface area contributed by atoms with Crippen LogP contribution in [0.4, 0.5) is 0 Å². The van der Waals surface area contributed by atoms with E-state index in [9.17, 15) is 43.9 Å². The highest BCUT2D eigenvalue weighted by molar-refractivity contribution is 6.62. The minimum atomic E-state index is -1.66. The molecule has 1 fully saturated rings. The van der Waals surface area contributed by atoms with E-state index < -0.39 is 74.5 Å². The topological polar surface area (TPSA) is 242 Å². The van der Waals surface area contributed by atoms with Crippen LogP contribution in [-0.4, -0.2) is 102 Å². The number of fused-ring (bicyclic) bond motifs is 2. The number of hydroxylamine groups is 2. The van der Waals surface area contributed by atoms with Gasteiger partial charge in [-0.1, -0.05) is 12.1 Å². The first-order valence-electron chi connectivity index (χ1n) is 14.6. The Hall–Kier alpha value is -4.65. The lowest BCUT2D eigenvalue weighted by Crippen LogP contribution is -2.65. The summed E-state index contributed by atoms with van der Waals surface area (Å²) in [5, 5.41) is 41.4. The van der Waals surface area contributed by atoms with E-state index in [1.807, 2.05) is 0 Å². The highest BCUT2D eigenvalue weighted by atomic mass is 16.7. The van der Waals surface area contributed by atoms with Crippen LogP contribution in [0.1, 0.15) is 51.1 Å². The third-order valence-corrected chi connectivity index (χ3v) is 7.83. The van der Waals surface area contributed by atoms with Crippen LogP contribution >= 0.6 is 0 Å². The van der Waals surface area contributed by atoms with Gasteiger partial charge in [0.2, 0.25) is 5.91 Å². The van der Waals surface area contributed by atoms with Crippen molar-refractivity contribution in [2.24, 2.45) is 0 Å². The number of aliphatic hydroxyl groups excluding tert-OH is 1. The Morgan fingerprint density at radius 1 is 0.894 bits per heavy atom. The molecule has 3 aliphatic heterocycles. The maximum Gasteiger partial charge on any atom is 0.491 e. The molecule has 0 aromatic heterocycles. The van der Waals surface area contributed by atoms with Crippen molar-refractivity contribution >= 4 is 60.7 Å². The molecule has 246 valence electrons. The highest BCUT2D eigenvalue weighted by Gasteiger charge is 2.38. The minimum Gasteiger partial charge on any atom is -0.423 e. The molecule has 3 aliphatic rings. The van der Waals surface area contributed by atoms with Gasteiger partial charge in [0.15, 0.2) is 0 Å². The Morgan fingerprint density at radius 3 is 1.96 bits per heavy atom. The van der Waals surface area contributed by atoms with Crippen LogP contribution in [0.15, 0.2) is 36.4 Å². The SMILES string of the molecule is CN[C@@H](O)C(NC(=O)c1ccc2c(c1)B(O)OC2)[C@H](NC(=O)c1ccc2c(c1)B(O)OC2)C(=O)NCCC(=O)ON1C(=O)CCC1=O. The van der Waals surface area contributed by atoms with E-state index in [2.05, 4.69) is 21.3 Å². The molecule has 47 heavy (non-hydrogen) atoms. The Labute approximate surface area is 268 Å². The Balaban J connectivity index is 1.34. The van der Waals surface area contributed by atoms with Crippen LogP contribution in [0.2, 0.25) is 0 Å². The standard InChI is InChI=1S/C28H31B2N5O12/c1-31-27(41)23(33-25(39)14-2-4-16-12-45-29(43)18(16)10-14)24(34-26(40)15-3-5-17-13-46-30(44)19(17)11-15)28(42)32-9-8-22(38)47-35-20(36)6-7-21(35)37/h2-5,10-11,23-24,27,31,41,43-44H,6-9,12-13H2,1H3,(H,32,42)(H,33,39)(H,34,40)/t23?,24-,27-/m0/s1. The van der Waals surface area contributed by atoms with Gasteiger partial charge in [0.1, 0.15) is 12.3 Å². The summed E-state index contributed by atoms with van der Waals surface area (Å²) in [6.45, 7) is -0.0836. The monoisotopic (exact) mass is 651 g/mol. The highest BCUT2D eigenvalue weighted by Crippen LogP contribution is 2.15. The lowest BCUT2D eigenvalue weighted by Gasteiger charge is -2.31. The molecule has 2 aromatic rings. The van der Waals surface area contributed by atoms with Gasteiger partial charge in [-0.05, 0) is 53.4 Å². The van der Waals surface area contributed by atoms with E-state index in [4.69, 9.17) is 14.1 Å². The first-order valence-corrected chi connectivity index (χ1v) is 14.6. The maximum absolute atomic E-state index is 13.6. The van der Waals surface area contributed by atoms with Crippen molar-refractivity contribution in [2.45, 2.75) is 50.8 Å². The number of aliphatic hydroxyl groups is 1. The van der Waals surface area contributed by atoms with Gasteiger partial charge in [0, 0.05) is 30.5 Å². The van der Waals surface area contributed by atoms with Crippen molar-refractivity contribution in [3.05, 3.63) is 58.7 Å². The number of carbonyl (C=O) groups is 6. The van der Waals surface area contributed by atoms with Gasteiger partial charge in [-0.15, -0.1) is 5.06 Å². The molecule has 2 aromatic carbocycles. The molecule has 0 saturated carbocycles. The zero-order valence-electron chi connectivity index (χ0n) is 25.1. The zero-order chi connectivity index (χ0) is 33.8. The van der Waals surface area contributed by atoms with Crippen LogP contribution in [0.3, 0.4) is 0 Å². The number of rotatable bonds is 12. The molecule has 3 atom stereocenters. The summed E-state index contributed by atoms with van der Waals surface area (Å²) >= 11 is 0. The summed E-state index contributed by atoms with van der Waals surface area (Å²) in [4.78, 5) is 80.9. The smallest absolute Gasteiger partial charge is 0.423 e. The van der Waals surface area contributed by atoms with Gasteiger partial charge in [0.05, 0.1) is 25.7 Å². The number of likely N-dealkylation sites (N-methyl/N-ethyl adjacent to an activating group) is 1. The van der Waals surface area contributed by atoms with Crippen LogP contribution in [0.25, 0.3) is 0 Å². The maximum atomic E-state index is 13.6. The van der Waals surface area contributed by atoms with Crippen molar-refractivity contribution in [3.8, 4) is 0 Å². The Kier molecular flexibility index (Phi) is 10.3. The van der Waals surface area contributed by atoms with Crippen molar-refractivity contribution in [1.82, 2.24) is 26.3 Å². The second-order valence-corrected chi connectivity index (χ2v) is 10.9. The van der Waals surface area contributed by atoms with Gasteiger partial charge in [-0.3, -0.25) is 29.3 Å².